The summed E-state index contributed by atoms with van der Waals surface area (Å²) in [7, 11) is 0. The van der Waals surface area contributed by atoms with E-state index in [0.717, 1.165) is 6.54 Å². The summed E-state index contributed by atoms with van der Waals surface area (Å²) >= 11 is 1.84. The number of halogens is 1. The van der Waals surface area contributed by atoms with Gasteiger partial charge in [-0.3, -0.25) is 0 Å². The van der Waals surface area contributed by atoms with E-state index in [1.165, 1.54) is 28.2 Å². The van der Waals surface area contributed by atoms with Crippen LogP contribution in [0.2, 0.25) is 0 Å². The zero-order chi connectivity index (χ0) is 13.2. The minimum Gasteiger partial charge on any atom is -0.305 e. The molecule has 0 aliphatic heterocycles. The highest BCUT2D eigenvalue weighted by molar-refractivity contribution is 7.11. The molecule has 1 N–H and O–H groups in total. The van der Waals surface area contributed by atoms with E-state index >= 15 is 0 Å². The molecule has 1 aromatic carbocycles. The molecule has 0 radical (unpaired) electrons. The fourth-order valence-electron chi connectivity index (χ4n) is 2.45. The second-order valence-electron chi connectivity index (χ2n) is 5.26. The Labute approximate surface area is 117 Å². The van der Waals surface area contributed by atoms with Gasteiger partial charge in [0, 0.05) is 22.3 Å². The minimum absolute atomic E-state index is 0.160. The van der Waals surface area contributed by atoms with E-state index in [1.807, 2.05) is 23.5 Å². The third-order valence-corrected chi connectivity index (χ3v) is 4.62. The Morgan fingerprint density at radius 3 is 2.53 bits per heavy atom. The van der Waals surface area contributed by atoms with Gasteiger partial charge in [-0.15, -0.1) is 11.3 Å². The van der Waals surface area contributed by atoms with Crippen LogP contribution in [0.5, 0.6) is 0 Å². The molecule has 1 unspecified atom stereocenters. The lowest BCUT2D eigenvalue weighted by Crippen LogP contribution is -2.22. The largest absolute Gasteiger partial charge is 0.305 e. The lowest BCUT2D eigenvalue weighted by Gasteiger charge is -2.18. The highest BCUT2D eigenvalue weighted by Crippen LogP contribution is 2.41. The Bertz CT molecular complexity index is 542. The first-order chi connectivity index (χ1) is 9.22. The average Bonchev–Trinajstić information content (AvgIpc) is 3.15. The minimum atomic E-state index is -0.160. The first-order valence-electron chi connectivity index (χ1n) is 6.76. The highest BCUT2D eigenvalue weighted by Gasteiger charge is 2.31. The summed E-state index contributed by atoms with van der Waals surface area (Å²) < 4.78 is 13.0. The first kappa shape index (κ1) is 12.8. The van der Waals surface area contributed by atoms with Gasteiger partial charge in [0.05, 0.1) is 0 Å². The predicted molar refractivity (Wildman–Crippen MR) is 77.8 cm³/mol. The van der Waals surface area contributed by atoms with Crippen LogP contribution in [0.25, 0.3) is 0 Å². The van der Waals surface area contributed by atoms with E-state index < -0.39 is 0 Å². The topological polar surface area (TPSA) is 12.0 Å². The molecule has 1 heterocycles. The van der Waals surface area contributed by atoms with Gasteiger partial charge in [-0.05, 0) is 55.5 Å². The van der Waals surface area contributed by atoms with E-state index in [9.17, 15) is 4.39 Å². The number of hydrogen-bond acceptors (Lipinski definition) is 2. The summed E-state index contributed by atoms with van der Waals surface area (Å²) in [4.78, 5) is 2.71. The van der Waals surface area contributed by atoms with Gasteiger partial charge in [0.25, 0.3) is 0 Å². The smallest absolute Gasteiger partial charge is 0.123 e. The molecule has 3 heteroatoms. The molecule has 1 aliphatic rings. The standard InChI is InChI=1S/C16H18FNS/c1-11-2-9-15(19-11)10-18-16(12-3-4-12)13-5-7-14(17)8-6-13/h2,5-9,12,16,18H,3-4,10H2,1H3. The number of thiophene rings is 1. The van der Waals surface area contributed by atoms with Crippen molar-refractivity contribution in [2.24, 2.45) is 5.92 Å². The van der Waals surface area contributed by atoms with Crippen LogP contribution in [-0.4, -0.2) is 0 Å². The van der Waals surface area contributed by atoms with Crippen LogP contribution in [-0.2, 0) is 6.54 Å². The van der Waals surface area contributed by atoms with Gasteiger partial charge < -0.3 is 5.32 Å². The van der Waals surface area contributed by atoms with E-state index in [-0.39, 0.29) is 5.82 Å². The maximum Gasteiger partial charge on any atom is 0.123 e. The van der Waals surface area contributed by atoms with E-state index in [4.69, 9.17) is 0 Å². The Hall–Kier alpha value is -1.19. The molecular formula is C16H18FNS. The maximum absolute atomic E-state index is 13.0. The fraction of sp³-hybridized carbons (Fsp3) is 0.375. The molecule has 1 aliphatic carbocycles. The summed E-state index contributed by atoms with van der Waals surface area (Å²) in [5.74, 6) is 0.554. The molecule has 1 saturated carbocycles. The highest BCUT2D eigenvalue weighted by atomic mass is 32.1. The molecule has 1 atom stereocenters. The molecule has 19 heavy (non-hydrogen) atoms. The fourth-order valence-corrected chi connectivity index (χ4v) is 3.29. The van der Waals surface area contributed by atoms with Crippen molar-refractivity contribution in [2.75, 3.05) is 0 Å². The van der Waals surface area contributed by atoms with Gasteiger partial charge in [-0.1, -0.05) is 12.1 Å². The first-order valence-corrected chi connectivity index (χ1v) is 7.58. The number of nitrogens with one attached hydrogen (secondary N) is 1. The molecular weight excluding hydrogens is 257 g/mol. The van der Waals surface area contributed by atoms with Crippen molar-refractivity contribution in [3.63, 3.8) is 0 Å². The molecule has 1 aromatic heterocycles. The Morgan fingerprint density at radius 2 is 1.95 bits per heavy atom. The van der Waals surface area contributed by atoms with Crippen LogP contribution >= 0.6 is 11.3 Å². The molecule has 0 spiro atoms. The number of hydrogen-bond donors (Lipinski definition) is 1. The number of aryl methyl sites for hydroxylation is 1. The monoisotopic (exact) mass is 275 g/mol. The summed E-state index contributed by atoms with van der Waals surface area (Å²) in [6.45, 7) is 3.03. The summed E-state index contributed by atoms with van der Waals surface area (Å²) in [5, 5.41) is 3.64. The Balaban J connectivity index is 1.69. The van der Waals surface area contributed by atoms with Crippen molar-refractivity contribution in [1.29, 1.82) is 0 Å². The van der Waals surface area contributed by atoms with Gasteiger partial charge in [0.2, 0.25) is 0 Å². The lowest BCUT2D eigenvalue weighted by molar-refractivity contribution is 0.481. The SMILES string of the molecule is Cc1ccc(CNC(c2ccc(F)cc2)C2CC2)s1. The van der Waals surface area contributed by atoms with Crippen molar-refractivity contribution in [1.82, 2.24) is 5.32 Å². The van der Waals surface area contributed by atoms with E-state index in [2.05, 4.69) is 24.4 Å². The van der Waals surface area contributed by atoms with Gasteiger partial charge in [0.15, 0.2) is 0 Å². The molecule has 0 saturated heterocycles. The Kier molecular flexibility index (Phi) is 3.67. The molecule has 3 rings (SSSR count). The van der Waals surface area contributed by atoms with Gasteiger partial charge in [0.1, 0.15) is 5.82 Å². The number of benzene rings is 1. The lowest BCUT2D eigenvalue weighted by atomic mass is 10.0. The second-order valence-corrected chi connectivity index (χ2v) is 6.63. The normalized spacial score (nSPS) is 16.5. The van der Waals surface area contributed by atoms with Crippen LogP contribution < -0.4 is 5.32 Å². The summed E-state index contributed by atoms with van der Waals surface area (Å²) in [6.07, 6.45) is 2.55. The van der Waals surface area contributed by atoms with Crippen molar-refractivity contribution in [2.45, 2.75) is 32.4 Å². The third kappa shape index (κ3) is 3.23. The molecule has 1 fully saturated rings. The zero-order valence-corrected chi connectivity index (χ0v) is 11.8. The van der Waals surface area contributed by atoms with Gasteiger partial charge in [-0.2, -0.15) is 0 Å². The quantitative estimate of drug-likeness (QED) is 0.851. The predicted octanol–water partition coefficient (Wildman–Crippen LogP) is 4.44. The third-order valence-electron chi connectivity index (χ3n) is 3.61. The molecule has 0 amide bonds. The van der Waals surface area contributed by atoms with Crippen molar-refractivity contribution in [3.8, 4) is 0 Å². The van der Waals surface area contributed by atoms with Crippen LogP contribution in [0.1, 0.15) is 34.2 Å². The maximum atomic E-state index is 13.0. The van der Waals surface area contributed by atoms with Crippen LogP contribution in [0.4, 0.5) is 4.39 Å². The second kappa shape index (κ2) is 5.43. The summed E-state index contributed by atoms with van der Waals surface area (Å²) in [5.41, 5.74) is 1.21. The van der Waals surface area contributed by atoms with Crippen molar-refractivity contribution in [3.05, 3.63) is 57.5 Å². The van der Waals surface area contributed by atoms with E-state index in [1.54, 1.807) is 12.1 Å². The molecule has 2 aromatic rings. The molecule has 100 valence electrons. The van der Waals surface area contributed by atoms with Crippen molar-refractivity contribution >= 4 is 11.3 Å². The van der Waals surface area contributed by atoms with Crippen LogP contribution in [0, 0.1) is 18.7 Å². The Morgan fingerprint density at radius 1 is 1.21 bits per heavy atom. The molecule has 0 bridgehead atoms. The van der Waals surface area contributed by atoms with E-state index in [0.29, 0.717) is 12.0 Å². The summed E-state index contributed by atoms with van der Waals surface area (Å²) in [6, 6.07) is 11.6. The molecule has 1 nitrogen and oxygen atoms in total. The number of rotatable bonds is 5. The zero-order valence-electron chi connectivity index (χ0n) is 11.0. The van der Waals surface area contributed by atoms with Crippen molar-refractivity contribution < 1.29 is 4.39 Å². The average molecular weight is 275 g/mol. The van der Waals surface area contributed by atoms with Crippen LogP contribution in [0.15, 0.2) is 36.4 Å². The van der Waals surface area contributed by atoms with Crippen LogP contribution in [0.3, 0.4) is 0 Å². The van der Waals surface area contributed by atoms with Gasteiger partial charge in [-0.25, -0.2) is 4.39 Å². The van der Waals surface area contributed by atoms with Gasteiger partial charge >= 0.3 is 0 Å².